The summed E-state index contributed by atoms with van der Waals surface area (Å²) in [6.07, 6.45) is 1.37. The minimum atomic E-state index is -0.573. The molecule has 3 aromatic rings. The highest BCUT2D eigenvalue weighted by molar-refractivity contribution is 7.18. The Labute approximate surface area is 208 Å². The van der Waals surface area contributed by atoms with Crippen LogP contribution in [0.3, 0.4) is 0 Å². The maximum Gasteiger partial charge on any atom is 0.264 e. The number of hydrogen-bond acceptors (Lipinski definition) is 6. The van der Waals surface area contributed by atoms with Gasteiger partial charge in [0.05, 0.1) is 16.5 Å². The Morgan fingerprint density at radius 3 is 2.60 bits per heavy atom. The number of carbonyl (C=O) groups is 1. The van der Waals surface area contributed by atoms with Crippen LogP contribution >= 0.6 is 11.3 Å². The lowest BCUT2D eigenvalue weighted by Crippen LogP contribution is -2.33. The number of nitrogens with zero attached hydrogens (tertiary/aromatic N) is 3. The van der Waals surface area contributed by atoms with Gasteiger partial charge in [0.25, 0.3) is 5.91 Å². The number of hydrogen-bond donors (Lipinski definition) is 2. The normalized spacial score (nSPS) is 18.4. The fraction of sp³-hybridized carbons (Fsp3) is 0.333. The molecule has 2 aromatic carbocycles. The van der Waals surface area contributed by atoms with Crippen molar-refractivity contribution in [2.75, 3.05) is 44.2 Å². The number of rotatable bonds is 4. The highest BCUT2D eigenvalue weighted by atomic mass is 32.1. The zero-order valence-electron chi connectivity index (χ0n) is 19.3. The summed E-state index contributed by atoms with van der Waals surface area (Å²) in [5.41, 5.74) is 3.39. The number of nitriles is 1. The van der Waals surface area contributed by atoms with E-state index in [2.05, 4.69) is 10.2 Å². The molecule has 8 heteroatoms. The van der Waals surface area contributed by atoms with Crippen LogP contribution in [-0.4, -0.2) is 61.3 Å². The average Bonchev–Trinajstić information content (AvgIpc) is 3.42. The Bertz CT molecular complexity index is 1260. The number of thiophene rings is 1. The van der Waals surface area contributed by atoms with Crippen LogP contribution in [0.4, 0.5) is 10.1 Å². The lowest BCUT2D eigenvalue weighted by Gasteiger charge is -2.18. The van der Waals surface area contributed by atoms with Crippen molar-refractivity contribution in [1.29, 1.82) is 5.26 Å². The molecule has 0 spiro atoms. The van der Waals surface area contributed by atoms with Crippen LogP contribution in [0.1, 0.15) is 28.1 Å². The van der Waals surface area contributed by atoms with Crippen LogP contribution in [0.5, 0.6) is 0 Å². The van der Waals surface area contributed by atoms with Gasteiger partial charge in [-0.2, -0.15) is 5.26 Å². The van der Waals surface area contributed by atoms with E-state index in [1.54, 1.807) is 6.07 Å². The third-order valence-corrected chi connectivity index (χ3v) is 7.80. The van der Waals surface area contributed by atoms with Crippen molar-refractivity contribution in [2.45, 2.75) is 18.9 Å². The van der Waals surface area contributed by atoms with Crippen LogP contribution in [0.2, 0.25) is 0 Å². The maximum atomic E-state index is 14.5. The third kappa shape index (κ3) is 4.94. The quantitative estimate of drug-likeness (QED) is 0.576. The summed E-state index contributed by atoms with van der Waals surface area (Å²) in [7, 11) is 0. The van der Waals surface area contributed by atoms with Crippen LogP contribution < -0.4 is 10.2 Å². The standard InChI is InChI=1S/C27H27FN4O2S/c28-24-14-19(2-3-20(24)16-29)23-15-25(27(34)31-11-1-9-30-10-13-31)35-26(23)18-4-6-21(7-5-18)32-12-8-22(33)17-32/h2-7,14-15,22,30,33H,1,8-13,17H2/t22-/m1/s1. The van der Waals surface area contributed by atoms with Crippen molar-refractivity contribution < 1.29 is 14.3 Å². The summed E-state index contributed by atoms with van der Waals surface area (Å²) >= 11 is 1.42. The van der Waals surface area contributed by atoms with Gasteiger partial charge in [-0.05, 0) is 60.8 Å². The summed E-state index contributed by atoms with van der Waals surface area (Å²) in [4.78, 5) is 18.9. The first-order valence-electron chi connectivity index (χ1n) is 11.9. The highest BCUT2D eigenvalue weighted by Gasteiger charge is 2.24. The monoisotopic (exact) mass is 490 g/mol. The SMILES string of the molecule is N#Cc1ccc(-c2cc(C(=O)N3CCCNCC3)sc2-c2ccc(N3CC[C@@H](O)C3)cc2)cc1F. The molecule has 1 aromatic heterocycles. The lowest BCUT2D eigenvalue weighted by molar-refractivity contribution is 0.0771. The van der Waals surface area contributed by atoms with Crippen LogP contribution in [0.15, 0.2) is 48.5 Å². The predicted molar refractivity (Wildman–Crippen MR) is 136 cm³/mol. The van der Waals surface area contributed by atoms with Crippen molar-refractivity contribution in [3.8, 4) is 27.6 Å². The number of benzene rings is 2. The molecule has 2 aliphatic rings. The molecule has 0 radical (unpaired) electrons. The van der Waals surface area contributed by atoms with Crippen molar-refractivity contribution >= 4 is 22.9 Å². The van der Waals surface area contributed by atoms with Gasteiger partial charge in [0.2, 0.25) is 0 Å². The van der Waals surface area contributed by atoms with E-state index in [0.717, 1.165) is 54.2 Å². The summed E-state index contributed by atoms with van der Waals surface area (Å²) in [5.74, 6) is -0.584. The Hall–Kier alpha value is -3.25. The van der Waals surface area contributed by atoms with Gasteiger partial charge in [-0.1, -0.05) is 18.2 Å². The maximum absolute atomic E-state index is 14.5. The van der Waals surface area contributed by atoms with E-state index in [9.17, 15) is 14.3 Å². The Morgan fingerprint density at radius 1 is 1.09 bits per heavy atom. The molecule has 1 amide bonds. The second-order valence-corrected chi connectivity index (χ2v) is 10.0. The molecular weight excluding hydrogens is 463 g/mol. The molecule has 35 heavy (non-hydrogen) atoms. The number of aliphatic hydroxyl groups is 1. The number of aliphatic hydroxyl groups excluding tert-OH is 1. The minimum Gasteiger partial charge on any atom is -0.391 e. The van der Waals surface area contributed by atoms with Crippen LogP contribution in [0.25, 0.3) is 21.6 Å². The van der Waals surface area contributed by atoms with Gasteiger partial charge in [0.1, 0.15) is 11.9 Å². The number of β-amino-alcohol motifs (C(OH)–C–C–N with tert-alkyl or cyclic N) is 1. The lowest BCUT2D eigenvalue weighted by atomic mass is 10.0. The molecule has 0 unspecified atom stereocenters. The molecule has 0 aliphatic carbocycles. The fourth-order valence-corrected chi connectivity index (χ4v) is 5.86. The molecule has 2 saturated heterocycles. The van der Waals surface area contributed by atoms with Crippen molar-refractivity contribution in [3.05, 3.63) is 64.8 Å². The Balaban J connectivity index is 1.52. The van der Waals surface area contributed by atoms with Gasteiger partial charge >= 0.3 is 0 Å². The summed E-state index contributed by atoms with van der Waals surface area (Å²) < 4.78 is 14.5. The fourth-order valence-electron chi connectivity index (χ4n) is 4.70. The van der Waals surface area contributed by atoms with Crippen molar-refractivity contribution in [2.24, 2.45) is 0 Å². The van der Waals surface area contributed by atoms with E-state index in [0.29, 0.717) is 30.1 Å². The minimum absolute atomic E-state index is 0.00366. The first-order valence-corrected chi connectivity index (χ1v) is 12.7. The molecule has 1 atom stereocenters. The van der Waals surface area contributed by atoms with Crippen LogP contribution in [0, 0.1) is 17.1 Å². The number of carbonyl (C=O) groups excluding carboxylic acids is 1. The molecule has 2 aliphatic heterocycles. The van der Waals surface area contributed by atoms with E-state index in [1.807, 2.05) is 41.3 Å². The second kappa shape index (κ2) is 10.2. The molecular formula is C27H27FN4O2S. The number of halogens is 1. The molecule has 180 valence electrons. The second-order valence-electron chi connectivity index (χ2n) is 8.99. The third-order valence-electron chi connectivity index (χ3n) is 6.63. The molecule has 6 nitrogen and oxygen atoms in total. The molecule has 2 N–H and O–H groups in total. The molecule has 3 heterocycles. The smallest absolute Gasteiger partial charge is 0.264 e. The molecule has 0 bridgehead atoms. The average molecular weight is 491 g/mol. The first-order chi connectivity index (χ1) is 17.0. The van der Waals surface area contributed by atoms with Gasteiger partial charge in [-0.15, -0.1) is 11.3 Å². The summed E-state index contributed by atoms with van der Waals surface area (Å²) in [6.45, 7) is 4.47. The largest absolute Gasteiger partial charge is 0.391 e. The molecule has 0 saturated carbocycles. The molecule has 5 rings (SSSR count). The van der Waals surface area contributed by atoms with E-state index in [1.165, 1.54) is 23.5 Å². The van der Waals surface area contributed by atoms with E-state index >= 15 is 0 Å². The van der Waals surface area contributed by atoms with Gasteiger partial charge in [-0.3, -0.25) is 4.79 Å². The summed E-state index contributed by atoms with van der Waals surface area (Å²) in [5, 5.41) is 22.3. The van der Waals surface area contributed by atoms with Gasteiger partial charge in [0, 0.05) is 48.9 Å². The Kier molecular flexibility index (Phi) is 6.82. The predicted octanol–water partition coefficient (Wildman–Crippen LogP) is 4.10. The van der Waals surface area contributed by atoms with E-state index < -0.39 is 5.82 Å². The summed E-state index contributed by atoms with van der Waals surface area (Å²) in [6, 6.07) is 16.4. The van der Waals surface area contributed by atoms with Gasteiger partial charge in [0.15, 0.2) is 0 Å². The number of nitrogens with one attached hydrogen (secondary N) is 1. The zero-order chi connectivity index (χ0) is 24.4. The topological polar surface area (TPSA) is 79.6 Å². The Morgan fingerprint density at radius 2 is 1.89 bits per heavy atom. The van der Waals surface area contributed by atoms with Crippen LogP contribution in [-0.2, 0) is 0 Å². The van der Waals surface area contributed by atoms with Gasteiger partial charge in [-0.25, -0.2) is 4.39 Å². The highest BCUT2D eigenvalue weighted by Crippen LogP contribution is 2.41. The number of amides is 1. The number of anilines is 1. The first kappa shape index (κ1) is 23.5. The zero-order valence-corrected chi connectivity index (χ0v) is 20.2. The van der Waals surface area contributed by atoms with Gasteiger partial charge < -0.3 is 20.2 Å². The molecule has 2 fully saturated rings. The van der Waals surface area contributed by atoms with Crippen molar-refractivity contribution in [3.63, 3.8) is 0 Å². The van der Waals surface area contributed by atoms with E-state index in [4.69, 9.17) is 5.26 Å². The van der Waals surface area contributed by atoms with E-state index in [-0.39, 0.29) is 17.6 Å². The van der Waals surface area contributed by atoms with Crippen molar-refractivity contribution in [1.82, 2.24) is 10.2 Å².